The number of aliphatic imine (C=N–C) groups is 1. The van der Waals surface area contributed by atoms with Crippen LogP contribution in [-0.2, 0) is 24.0 Å². The molecule has 0 aromatic carbocycles. The van der Waals surface area contributed by atoms with Gasteiger partial charge in [0.1, 0.15) is 18.1 Å². The number of carbonyl (C=O) groups excluding carboxylic acids is 3. The van der Waals surface area contributed by atoms with Gasteiger partial charge >= 0.3 is 11.9 Å². The predicted octanol–water partition coefficient (Wildman–Crippen LogP) is -2.98. The Morgan fingerprint density at radius 3 is 2.25 bits per heavy atom. The Balaban J connectivity index is 2.94. The minimum atomic E-state index is -1.31. The standard InChI is InChI=1S/C21H38N8O7/c22-8-2-1-5-14(20(35)36)28-17(32)13(6-3-9-26-21(24)25)27-18(33)15-7-4-10-29(15)19(34)12(23)11-16(30)31/h12-15H,1-11,22-23H2,(H,27,33)(H,28,32)(H,30,31)(H,35,36)(H4,24,25,26). The molecule has 1 aliphatic rings. The van der Waals surface area contributed by atoms with Crippen LogP contribution in [0.2, 0.25) is 0 Å². The quantitative estimate of drug-likeness (QED) is 0.0584. The number of carboxylic acid groups (broad SMARTS) is 2. The number of carboxylic acids is 2. The maximum absolute atomic E-state index is 13.1. The average molecular weight is 515 g/mol. The monoisotopic (exact) mass is 514 g/mol. The van der Waals surface area contributed by atoms with Crippen LogP contribution in [0, 0.1) is 0 Å². The molecule has 1 aliphatic heterocycles. The molecule has 0 aromatic heterocycles. The predicted molar refractivity (Wildman–Crippen MR) is 129 cm³/mol. The second kappa shape index (κ2) is 15.5. The van der Waals surface area contributed by atoms with Gasteiger partial charge in [-0.3, -0.25) is 24.2 Å². The van der Waals surface area contributed by atoms with Gasteiger partial charge in [-0.25, -0.2) is 4.79 Å². The van der Waals surface area contributed by atoms with Gasteiger partial charge in [-0.15, -0.1) is 0 Å². The molecule has 0 aliphatic carbocycles. The van der Waals surface area contributed by atoms with E-state index in [1.54, 1.807) is 0 Å². The summed E-state index contributed by atoms with van der Waals surface area (Å²) in [4.78, 5) is 66.2. The summed E-state index contributed by atoms with van der Waals surface area (Å²) in [6, 6.07) is -4.53. The number of carbonyl (C=O) groups is 5. The number of aliphatic carboxylic acids is 2. The Kier molecular flexibility index (Phi) is 13.2. The lowest BCUT2D eigenvalue weighted by Gasteiger charge is -2.28. The van der Waals surface area contributed by atoms with Gasteiger partial charge in [-0.05, 0) is 51.5 Å². The second-order valence-corrected chi connectivity index (χ2v) is 8.59. The second-order valence-electron chi connectivity index (χ2n) is 8.59. The van der Waals surface area contributed by atoms with E-state index >= 15 is 0 Å². The van der Waals surface area contributed by atoms with Crippen molar-refractivity contribution in [2.45, 2.75) is 75.5 Å². The first-order valence-electron chi connectivity index (χ1n) is 11.8. The van der Waals surface area contributed by atoms with Crippen molar-refractivity contribution >= 4 is 35.6 Å². The summed E-state index contributed by atoms with van der Waals surface area (Å²) < 4.78 is 0. The van der Waals surface area contributed by atoms with E-state index in [1.165, 1.54) is 4.90 Å². The Bertz CT molecular complexity index is 818. The van der Waals surface area contributed by atoms with Crippen LogP contribution < -0.4 is 33.6 Å². The Labute approximate surface area is 209 Å². The van der Waals surface area contributed by atoms with Crippen molar-refractivity contribution in [3.63, 3.8) is 0 Å². The largest absolute Gasteiger partial charge is 0.481 e. The number of guanidine groups is 1. The zero-order valence-corrected chi connectivity index (χ0v) is 20.2. The first-order chi connectivity index (χ1) is 17.0. The lowest BCUT2D eigenvalue weighted by molar-refractivity contribution is -0.144. The molecular formula is C21H38N8O7. The van der Waals surface area contributed by atoms with Crippen LogP contribution in [0.1, 0.15) is 51.4 Å². The molecule has 1 heterocycles. The summed E-state index contributed by atoms with van der Waals surface area (Å²) in [6.07, 6.45) is 1.86. The first kappa shape index (κ1) is 30.6. The Morgan fingerprint density at radius 1 is 1.00 bits per heavy atom. The summed E-state index contributed by atoms with van der Waals surface area (Å²) >= 11 is 0. The van der Waals surface area contributed by atoms with Crippen molar-refractivity contribution in [1.29, 1.82) is 0 Å². The van der Waals surface area contributed by atoms with Gasteiger partial charge in [-0.1, -0.05) is 0 Å². The van der Waals surface area contributed by atoms with Crippen LogP contribution in [0.5, 0.6) is 0 Å². The molecule has 0 radical (unpaired) electrons. The number of likely N-dealkylation sites (tertiary alicyclic amines) is 1. The molecule has 15 nitrogen and oxygen atoms in total. The zero-order chi connectivity index (χ0) is 27.3. The van der Waals surface area contributed by atoms with Gasteiger partial charge < -0.3 is 48.7 Å². The highest BCUT2D eigenvalue weighted by molar-refractivity contribution is 5.95. The van der Waals surface area contributed by atoms with Crippen LogP contribution in [-0.4, -0.2) is 94.5 Å². The fourth-order valence-corrected chi connectivity index (χ4v) is 3.85. The Hall–Kier alpha value is -3.46. The van der Waals surface area contributed by atoms with Crippen LogP contribution in [0.4, 0.5) is 0 Å². The van der Waals surface area contributed by atoms with Gasteiger partial charge in [0.25, 0.3) is 0 Å². The van der Waals surface area contributed by atoms with E-state index in [4.69, 9.17) is 28.0 Å². The molecule has 4 atom stereocenters. The SMILES string of the molecule is NCCCCC(NC(=O)C(CCCN=C(N)N)NC(=O)C1CCCN1C(=O)C(N)CC(=O)O)C(=O)O. The molecule has 1 rings (SSSR count). The van der Waals surface area contributed by atoms with Crippen molar-refractivity contribution in [2.75, 3.05) is 19.6 Å². The lowest BCUT2D eigenvalue weighted by atomic mass is 10.1. The summed E-state index contributed by atoms with van der Waals surface area (Å²) in [5, 5.41) is 23.4. The molecule has 0 saturated carbocycles. The van der Waals surface area contributed by atoms with Gasteiger partial charge in [0.2, 0.25) is 17.7 Å². The molecule has 0 aromatic rings. The summed E-state index contributed by atoms with van der Waals surface area (Å²) in [6.45, 7) is 0.781. The number of rotatable bonds is 16. The van der Waals surface area contributed by atoms with Gasteiger partial charge in [-0.2, -0.15) is 0 Å². The molecule has 12 N–H and O–H groups in total. The third-order valence-corrected chi connectivity index (χ3v) is 5.69. The number of nitrogens with one attached hydrogen (secondary N) is 2. The highest BCUT2D eigenvalue weighted by atomic mass is 16.4. The van der Waals surface area contributed by atoms with Crippen LogP contribution >= 0.6 is 0 Å². The average Bonchev–Trinajstić information content (AvgIpc) is 3.29. The highest BCUT2D eigenvalue weighted by Crippen LogP contribution is 2.19. The number of nitrogens with two attached hydrogens (primary N) is 4. The molecule has 15 heteroatoms. The van der Waals surface area contributed by atoms with Crippen LogP contribution in [0.3, 0.4) is 0 Å². The van der Waals surface area contributed by atoms with E-state index in [2.05, 4.69) is 15.6 Å². The molecule has 4 unspecified atom stereocenters. The minimum Gasteiger partial charge on any atom is -0.481 e. The summed E-state index contributed by atoms with van der Waals surface area (Å²) in [7, 11) is 0. The molecule has 36 heavy (non-hydrogen) atoms. The van der Waals surface area contributed by atoms with Crippen molar-refractivity contribution in [2.24, 2.45) is 27.9 Å². The number of nitrogens with zero attached hydrogens (tertiary/aromatic N) is 2. The number of hydrogen-bond donors (Lipinski definition) is 8. The van der Waals surface area contributed by atoms with Crippen LogP contribution in [0.25, 0.3) is 0 Å². The topological polar surface area (TPSA) is 270 Å². The molecular weight excluding hydrogens is 476 g/mol. The maximum Gasteiger partial charge on any atom is 0.326 e. The van der Waals surface area contributed by atoms with E-state index in [1.807, 2.05) is 0 Å². The molecule has 1 fully saturated rings. The molecule has 1 saturated heterocycles. The van der Waals surface area contributed by atoms with E-state index in [0.29, 0.717) is 38.6 Å². The van der Waals surface area contributed by atoms with Gasteiger partial charge in [0.05, 0.1) is 12.5 Å². The van der Waals surface area contributed by atoms with E-state index in [9.17, 15) is 29.1 Å². The third kappa shape index (κ3) is 10.4. The normalized spacial score (nSPS) is 17.5. The fourth-order valence-electron chi connectivity index (χ4n) is 3.85. The van der Waals surface area contributed by atoms with Gasteiger partial charge in [0, 0.05) is 13.1 Å². The molecule has 0 spiro atoms. The third-order valence-electron chi connectivity index (χ3n) is 5.69. The zero-order valence-electron chi connectivity index (χ0n) is 20.2. The van der Waals surface area contributed by atoms with E-state index in [0.717, 1.165) is 0 Å². The molecule has 0 bridgehead atoms. The summed E-state index contributed by atoms with van der Waals surface area (Å²) in [5.41, 5.74) is 21.7. The van der Waals surface area contributed by atoms with Crippen LogP contribution in [0.15, 0.2) is 4.99 Å². The maximum atomic E-state index is 13.1. The van der Waals surface area contributed by atoms with Crippen molar-refractivity contribution in [3.05, 3.63) is 0 Å². The molecule has 3 amide bonds. The first-order valence-corrected chi connectivity index (χ1v) is 11.8. The fraction of sp³-hybridized carbons (Fsp3) is 0.714. The van der Waals surface area contributed by atoms with E-state index in [-0.39, 0.29) is 31.9 Å². The Morgan fingerprint density at radius 2 is 1.67 bits per heavy atom. The molecule has 204 valence electrons. The van der Waals surface area contributed by atoms with E-state index < -0.39 is 60.2 Å². The smallest absolute Gasteiger partial charge is 0.326 e. The van der Waals surface area contributed by atoms with Gasteiger partial charge in [0.15, 0.2) is 5.96 Å². The van der Waals surface area contributed by atoms with Crippen molar-refractivity contribution in [3.8, 4) is 0 Å². The summed E-state index contributed by atoms with van der Waals surface area (Å²) in [5.74, 6) is -4.59. The number of hydrogen-bond acceptors (Lipinski definition) is 8. The van der Waals surface area contributed by atoms with Crippen molar-refractivity contribution in [1.82, 2.24) is 15.5 Å². The number of unbranched alkanes of at least 4 members (excludes halogenated alkanes) is 1. The van der Waals surface area contributed by atoms with Crippen molar-refractivity contribution < 1.29 is 34.2 Å². The minimum absolute atomic E-state index is 0.0999. The lowest BCUT2D eigenvalue weighted by Crippen LogP contribution is -2.56. The number of amides is 3. The highest BCUT2D eigenvalue weighted by Gasteiger charge is 2.38.